The van der Waals surface area contributed by atoms with Gasteiger partial charge in [0, 0.05) is 23.3 Å². The van der Waals surface area contributed by atoms with Crippen LogP contribution in [-0.2, 0) is 6.54 Å². The van der Waals surface area contributed by atoms with Crippen LogP contribution in [0.2, 0.25) is 0 Å². The molecule has 0 amide bonds. The second kappa shape index (κ2) is 5.89. The van der Waals surface area contributed by atoms with Crippen LogP contribution in [0.5, 0.6) is 0 Å². The fourth-order valence-electron chi connectivity index (χ4n) is 1.55. The molecule has 1 heterocycles. The van der Waals surface area contributed by atoms with Gasteiger partial charge in [0.25, 0.3) is 0 Å². The van der Waals surface area contributed by atoms with Crippen LogP contribution in [0.4, 0.5) is 0 Å². The monoisotopic (exact) mass is 291 g/mol. The fraction of sp³-hybridized carbons (Fsp3) is 0.231. The number of benzene rings is 1. The van der Waals surface area contributed by atoms with Crippen LogP contribution in [0, 0.1) is 0 Å². The van der Waals surface area contributed by atoms with Crippen molar-refractivity contribution < 1.29 is 0 Å². The van der Waals surface area contributed by atoms with Crippen molar-refractivity contribution in [1.82, 2.24) is 15.3 Å². The summed E-state index contributed by atoms with van der Waals surface area (Å²) in [5, 5.41) is 3.43. The summed E-state index contributed by atoms with van der Waals surface area (Å²) in [6.45, 7) is 2.89. The second-order valence-electron chi connectivity index (χ2n) is 3.85. The second-order valence-corrected chi connectivity index (χ2v) is 4.77. The lowest BCUT2D eigenvalue weighted by Crippen LogP contribution is -2.18. The predicted molar refractivity (Wildman–Crippen MR) is 71.4 cm³/mol. The maximum absolute atomic E-state index is 4.18. The Morgan fingerprint density at radius 1 is 1.24 bits per heavy atom. The summed E-state index contributed by atoms with van der Waals surface area (Å²) in [6, 6.07) is 10.6. The number of aromatic nitrogens is 2. The van der Waals surface area contributed by atoms with Crippen molar-refractivity contribution >= 4 is 15.9 Å². The van der Waals surface area contributed by atoms with Gasteiger partial charge in [0.2, 0.25) is 0 Å². The van der Waals surface area contributed by atoms with E-state index in [1.165, 1.54) is 5.56 Å². The van der Waals surface area contributed by atoms with Gasteiger partial charge in [0.05, 0.1) is 5.69 Å². The van der Waals surface area contributed by atoms with Crippen molar-refractivity contribution in [2.75, 3.05) is 0 Å². The van der Waals surface area contributed by atoms with E-state index in [-0.39, 0.29) is 0 Å². The summed E-state index contributed by atoms with van der Waals surface area (Å²) in [5.41, 5.74) is 2.27. The van der Waals surface area contributed by atoms with Crippen molar-refractivity contribution in [2.24, 2.45) is 0 Å². The largest absolute Gasteiger partial charge is 0.305 e. The molecule has 0 bridgehead atoms. The number of hydrogen-bond acceptors (Lipinski definition) is 3. The third-order valence-corrected chi connectivity index (χ3v) is 3.13. The van der Waals surface area contributed by atoms with Crippen LogP contribution < -0.4 is 5.32 Å². The van der Waals surface area contributed by atoms with E-state index in [2.05, 4.69) is 62.4 Å². The topological polar surface area (TPSA) is 37.8 Å². The summed E-state index contributed by atoms with van der Waals surface area (Å²) >= 11 is 3.43. The van der Waals surface area contributed by atoms with Crippen LogP contribution >= 0.6 is 15.9 Å². The maximum atomic E-state index is 4.18. The van der Waals surface area contributed by atoms with E-state index in [4.69, 9.17) is 0 Å². The van der Waals surface area contributed by atoms with E-state index >= 15 is 0 Å². The first-order chi connectivity index (χ1) is 8.25. The third kappa shape index (κ3) is 3.61. The normalized spacial score (nSPS) is 12.4. The molecular formula is C13H14BrN3. The molecule has 0 radical (unpaired) electrons. The Morgan fingerprint density at radius 2 is 2.00 bits per heavy atom. The molecule has 1 atom stereocenters. The van der Waals surface area contributed by atoms with Gasteiger partial charge in [0.1, 0.15) is 6.33 Å². The van der Waals surface area contributed by atoms with Gasteiger partial charge < -0.3 is 5.32 Å². The minimum Gasteiger partial charge on any atom is -0.305 e. The van der Waals surface area contributed by atoms with Gasteiger partial charge in [-0.15, -0.1) is 0 Å². The highest BCUT2D eigenvalue weighted by Crippen LogP contribution is 2.16. The number of halogens is 1. The minimum atomic E-state index is 0.304. The number of nitrogens with one attached hydrogen (secondary N) is 1. The molecule has 0 aliphatic heterocycles. The highest BCUT2D eigenvalue weighted by atomic mass is 79.9. The molecule has 1 N–H and O–H groups in total. The van der Waals surface area contributed by atoms with Crippen molar-refractivity contribution in [2.45, 2.75) is 19.5 Å². The van der Waals surface area contributed by atoms with E-state index in [1.807, 2.05) is 6.07 Å². The highest BCUT2D eigenvalue weighted by Gasteiger charge is 2.04. The first kappa shape index (κ1) is 12.2. The SMILES string of the molecule is C[C@@H](NCc1ccncn1)c1ccc(Br)cc1. The quantitative estimate of drug-likeness (QED) is 0.941. The molecule has 0 aliphatic carbocycles. The number of hydrogen-bond donors (Lipinski definition) is 1. The maximum Gasteiger partial charge on any atom is 0.115 e. The average Bonchev–Trinajstić information content (AvgIpc) is 2.38. The first-order valence-electron chi connectivity index (χ1n) is 5.49. The lowest BCUT2D eigenvalue weighted by atomic mass is 10.1. The lowest BCUT2D eigenvalue weighted by molar-refractivity contribution is 0.567. The zero-order valence-corrected chi connectivity index (χ0v) is 11.2. The van der Waals surface area contributed by atoms with E-state index in [0.717, 1.165) is 16.7 Å². The zero-order chi connectivity index (χ0) is 12.1. The highest BCUT2D eigenvalue weighted by molar-refractivity contribution is 9.10. The van der Waals surface area contributed by atoms with Crippen molar-refractivity contribution in [3.8, 4) is 0 Å². The Bertz CT molecular complexity index is 456. The molecule has 2 rings (SSSR count). The number of nitrogens with zero attached hydrogens (tertiary/aromatic N) is 2. The van der Waals surface area contributed by atoms with Crippen LogP contribution in [0.15, 0.2) is 47.3 Å². The summed E-state index contributed by atoms with van der Waals surface area (Å²) in [4.78, 5) is 8.07. The van der Waals surface area contributed by atoms with Crippen LogP contribution in [0.25, 0.3) is 0 Å². The molecule has 3 nitrogen and oxygen atoms in total. The molecule has 88 valence electrons. The smallest absolute Gasteiger partial charge is 0.115 e. The Morgan fingerprint density at radius 3 is 2.65 bits per heavy atom. The minimum absolute atomic E-state index is 0.304. The summed E-state index contributed by atoms with van der Waals surface area (Å²) in [5.74, 6) is 0. The molecule has 4 heteroatoms. The lowest BCUT2D eigenvalue weighted by Gasteiger charge is -2.13. The fourth-order valence-corrected chi connectivity index (χ4v) is 1.81. The van der Waals surface area contributed by atoms with Gasteiger partial charge in [-0.2, -0.15) is 0 Å². The van der Waals surface area contributed by atoms with E-state index < -0.39 is 0 Å². The number of rotatable bonds is 4. The van der Waals surface area contributed by atoms with Crippen LogP contribution in [0.3, 0.4) is 0 Å². The molecule has 0 saturated heterocycles. The van der Waals surface area contributed by atoms with Gasteiger partial charge in [0.15, 0.2) is 0 Å². The molecule has 1 aromatic heterocycles. The van der Waals surface area contributed by atoms with Gasteiger partial charge >= 0.3 is 0 Å². The Kier molecular flexibility index (Phi) is 4.23. The van der Waals surface area contributed by atoms with E-state index in [0.29, 0.717) is 6.04 Å². The van der Waals surface area contributed by atoms with Crippen molar-refractivity contribution in [1.29, 1.82) is 0 Å². The van der Waals surface area contributed by atoms with E-state index in [9.17, 15) is 0 Å². The molecular weight excluding hydrogens is 278 g/mol. The van der Waals surface area contributed by atoms with Gasteiger partial charge in [-0.25, -0.2) is 9.97 Å². The van der Waals surface area contributed by atoms with Gasteiger partial charge in [-0.3, -0.25) is 0 Å². The van der Waals surface area contributed by atoms with Crippen molar-refractivity contribution in [3.63, 3.8) is 0 Å². The molecule has 0 saturated carbocycles. The van der Waals surface area contributed by atoms with Crippen LogP contribution in [-0.4, -0.2) is 9.97 Å². The molecule has 2 aromatic rings. The van der Waals surface area contributed by atoms with Gasteiger partial charge in [-0.1, -0.05) is 28.1 Å². The molecule has 0 aliphatic rings. The average molecular weight is 292 g/mol. The molecule has 0 spiro atoms. The summed E-state index contributed by atoms with van der Waals surface area (Å²) < 4.78 is 1.10. The summed E-state index contributed by atoms with van der Waals surface area (Å²) in [6.07, 6.45) is 3.33. The van der Waals surface area contributed by atoms with Crippen molar-refractivity contribution in [3.05, 3.63) is 58.6 Å². The molecule has 0 fully saturated rings. The van der Waals surface area contributed by atoms with Crippen LogP contribution in [0.1, 0.15) is 24.2 Å². The third-order valence-electron chi connectivity index (χ3n) is 2.60. The Hall–Kier alpha value is -1.26. The zero-order valence-electron chi connectivity index (χ0n) is 9.60. The summed E-state index contributed by atoms with van der Waals surface area (Å²) in [7, 11) is 0. The first-order valence-corrected chi connectivity index (χ1v) is 6.29. The standard InChI is InChI=1S/C13H14BrN3/c1-10(11-2-4-12(14)5-3-11)16-8-13-6-7-15-9-17-13/h2-7,9-10,16H,8H2,1H3/t10-/m1/s1. The molecule has 1 aromatic carbocycles. The van der Waals surface area contributed by atoms with E-state index in [1.54, 1.807) is 12.5 Å². The van der Waals surface area contributed by atoms with Gasteiger partial charge in [-0.05, 0) is 30.7 Å². The molecule has 0 unspecified atom stereocenters. The Labute approximate surface area is 109 Å². The Balaban J connectivity index is 1.93. The molecule has 17 heavy (non-hydrogen) atoms. The predicted octanol–water partition coefficient (Wildman–Crippen LogP) is 3.09.